The van der Waals surface area contributed by atoms with Gasteiger partial charge in [-0.3, -0.25) is 19.8 Å². The molecule has 0 radical (unpaired) electrons. The molecule has 1 aromatic heterocycles. The summed E-state index contributed by atoms with van der Waals surface area (Å²) < 4.78 is 11.9. The summed E-state index contributed by atoms with van der Waals surface area (Å²) in [4.78, 5) is 35.5. The van der Waals surface area contributed by atoms with Gasteiger partial charge in [0.05, 0.1) is 10.6 Å². The zero-order valence-electron chi connectivity index (χ0n) is 39.6. The predicted molar refractivity (Wildman–Crippen MR) is 274 cm³/mol. The Morgan fingerprint density at radius 2 is 1.26 bits per heavy atom. The molecule has 14 nitrogen and oxygen atoms in total. The van der Waals surface area contributed by atoms with E-state index in [1.165, 1.54) is 33.2 Å². The van der Waals surface area contributed by atoms with Crippen LogP contribution in [0.15, 0.2) is 132 Å². The normalized spacial score (nSPS) is 13.5. The lowest BCUT2D eigenvalue weighted by Gasteiger charge is -2.45. The second-order valence-electron chi connectivity index (χ2n) is 17.6. The van der Waals surface area contributed by atoms with Gasteiger partial charge in [-0.2, -0.15) is 0 Å². The van der Waals surface area contributed by atoms with E-state index >= 15 is 4.79 Å². The lowest BCUT2D eigenvalue weighted by Crippen LogP contribution is -2.50. The zero-order valence-corrected chi connectivity index (χ0v) is 39.6. The smallest absolute Gasteiger partial charge is 0.300 e. The minimum Gasteiger partial charge on any atom is -0.456 e. The Balaban J connectivity index is 0.995. The first-order valence-corrected chi connectivity index (χ1v) is 24.1. The standard InChI is InChI=1S/C55H57N9O5/c1-5-61(6-2)39-21-23-46-50(34-39)68-51-35-40(62(7-3)8-4)22-24-47(51)55(46)45-20-14-13-19-43(45)54(65)63(55)32-31-60(30-28-57-48-25-26-49(64(66)67)53-52(48)58-69-59-53)29-27-56-36-44-41-17-11-9-15-37(41)33-38-16-10-12-18-42(38)44/h9-26,33-35,56-57H,5-8,27-32,36H2,1-4H3. The first kappa shape index (κ1) is 45.2. The Bertz CT molecular complexity index is 3080. The maximum atomic E-state index is 15.2. The number of hydrogen-bond donors (Lipinski definition) is 2. The number of anilines is 3. The van der Waals surface area contributed by atoms with Crippen molar-refractivity contribution >= 4 is 61.2 Å². The van der Waals surface area contributed by atoms with E-state index in [9.17, 15) is 10.1 Å². The third-order valence-electron chi connectivity index (χ3n) is 14.1. The van der Waals surface area contributed by atoms with Crippen LogP contribution in [-0.4, -0.2) is 96.4 Å². The fourth-order valence-electron chi connectivity index (χ4n) is 10.7. The van der Waals surface area contributed by atoms with E-state index in [1.807, 2.05) is 18.2 Å². The van der Waals surface area contributed by atoms with Crippen molar-refractivity contribution in [1.82, 2.24) is 25.4 Å². The Morgan fingerprint density at radius 3 is 1.90 bits per heavy atom. The second-order valence-corrected chi connectivity index (χ2v) is 17.6. The molecule has 0 atom stereocenters. The van der Waals surface area contributed by atoms with Crippen molar-refractivity contribution in [1.29, 1.82) is 0 Å². The number of hydrogen-bond acceptors (Lipinski definition) is 12. The first-order chi connectivity index (χ1) is 33.8. The van der Waals surface area contributed by atoms with E-state index in [0.29, 0.717) is 62.6 Å². The number of non-ortho nitro benzene ring substituents is 1. The molecule has 69 heavy (non-hydrogen) atoms. The maximum Gasteiger partial charge on any atom is 0.300 e. The molecule has 2 N–H and O–H groups in total. The van der Waals surface area contributed by atoms with E-state index in [0.717, 1.165) is 65.7 Å². The largest absolute Gasteiger partial charge is 0.456 e. The molecule has 3 heterocycles. The van der Waals surface area contributed by atoms with E-state index in [4.69, 9.17) is 9.37 Å². The number of ether oxygens (including phenoxy) is 1. The summed E-state index contributed by atoms with van der Waals surface area (Å²) >= 11 is 0. The minimum absolute atomic E-state index is 0.0316. The van der Waals surface area contributed by atoms with Crippen LogP contribution in [-0.2, 0) is 12.1 Å². The van der Waals surface area contributed by atoms with E-state index in [-0.39, 0.29) is 17.1 Å². The number of fused-ring (bicyclic) bond motifs is 9. The van der Waals surface area contributed by atoms with Crippen LogP contribution in [0.1, 0.15) is 60.3 Å². The topological polar surface area (TPSA) is 145 Å². The van der Waals surface area contributed by atoms with Gasteiger partial charge in [-0.05, 0) is 101 Å². The molecule has 352 valence electrons. The van der Waals surface area contributed by atoms with Crippen molar-refractivity contribution < 1.29 is 19.1 Å². The van der Waals surface area contributed by atoms with Crippen LogP contribution in [0.5, 0.6) is 11.5 Å². The number of nitro benzene ring substituents is 1. The highest BCUT2D eigenvalue weighted by atomic mass is 16.6. The van der Waals surface area contributed by atoms with Gasteiger partial charge in [-0.25, -0.2) is 4.63 Å². The molecule has 14 heteroatoms. The number of rotatable bonds is 19. The van der Waals surface area contributed by atoms with Crippen LogP contribution < -0.4 is 25.2 Å². The van der Waals surface area contributed by atoms with Gasteiger partial charge >= 0.3 is 5.69 Å². The summed E-state index contributed by atoms with van der Waals surface area (Å²) in [6.45, 7) is 16.1. The number of amides is 1. The molecule has 1 amide bonds. The summed E-state index contributed by atoms with van der Waals surface area (Å²) in [7, 11) is 0. The van der Waals surface area contributed by atoms with Crippen molar-refractivity contribution in [3.63, 3.8) is 0 Å². The molecule has 0 fully saturated rings. The van der Waals surface area contributed by atoms with Crippen molar-refractivity contribution in [2.45, 2.75) is 39.8 Å². The summed E-state index contributed by atoms with van der Waals surface area (Å²) in [5.74, 6) is 1.44. The van der Waals surface area contributed by atoms with Crippen molar-refractivity contribution in [3.05, 3.63) is 165 Å². The maximum absolute atomic E-state index is 15.2. The van der Waals surface area contributed by atoms with Crippen LogP contribution >= 0.6 is 0 Å². The molecular weight excluding hydrogens is 867 g/mol. The Hall–Kier alpha value is -7.55. The lowest BCUT2D eigenvalue weighted by molar-refractivity contribution is -0.383. The monoisotopic (exact) mass is 923 g/mol. The van der Waals surface area contributed by atoms with Crippen molar-refractivity contribution in [2.75, 3.05) is 80.6 Å². The Kier molecular flexibility index (Phi) is 12.6. The van der Waals surface area contributed by atoms with Crippen LogP contribution in [0.3, 0.4) is 0 Å². The first-order valence-electron chi connectivity index (χ1n) is 24.1. The fraction of sp³-hybridized carbons (Fsp3) is 0.291. The van der Waals surface area contributed by atoms with Crippen LogP contribution in [0.4, 0.5) is 22.7 Å². The SMILES string of the molecule is CCN(CC)c1ccc2c(c1)Oc1cc(N(CC)CC)ccc1C21c2ccccc2C(=O)N1CCN(CCNCc1c2ccccc2cc2ccccc12)CCNc1ccc([N+](=O)[O-])c2nonc12. The van der Waals surface area contributed by atoms with Crippen LogP contribution in [0.25, 0.3) is 32.6 Å². The van der Waals surface area contributed by atoms with Gasteiger partial charge in [0.15, 0.2) is 5.52 Å². The predicted octanol–water partition coefficient (Wildman–Crippen LogP) is 10.2. The number of carbonyl (C=O) groups excluding carboxylic acids is 1. The molecule has 7 aromatic carbocycles. The van der Waals surface area contributed by atoms with Gasteiger partial charge < -0.3 is 30.1 Å². The Morgan fingerprint density at radius 1 is 0.667 bits per heavy atom. The molecule has 2 aliphatic heterocycles. The lowest BCUT2D eigenvalue weighted by atomic mass is 9.74. The minimum atomic E-state index is -0.970. The third kappa shape index (κ3) is 8.02. The van der Waals surface area contributed by atoms with E-state index < -0.39 is 10.5 Å². The number of carbonyl (C=O) groups is 1. The van der Waals surface area contributed by atoms with Gasteiger partial charge in [0.2, 0.25) is 5.52 Å². The summed E-state index contributed by atoms with van der Waals surface area (Å²) in [6, 6.07) is 43.4. The highest BCUT2D eigenvalue weighted by Gasteiger charge is 2.56. The van der Waals surface area contributed by atoms with E-state index in [1.54, 1.807) is 6.07 Å². The number of nitro groups is 1. The summed E-state index contributed by atoms with van der Waals surface area (Å²) in [5.41, 5.74) is 6.71. The molecule has 0 saturated carbocycles. The highest BCUT2D eigenvalue weighted by Crippen LogP contribution is 2.58. The average molecular weight is 924 g/mol. The third-order valence-corrected chi connectivity index (χ3v) is 14.1. The molecular formula is C55H57N9O5. The van der Waals surface area contributed by atoms with E-state index in [2.05, 4.69) is 165 Å². The quantitative estimate of drug-likeness (QED) is 0.0345. The Labute approximate surface area is 401 Å². The van der Waals surface area contributed by atoms with Gasteiger partial charge in [0.25, 0.3) is 5.91 Å². The molecule has 0 aliphatic carbocycles. The number of aromatic nitrogens is 2. The van der Waals surface area contributed by atoms with Crippen molar-refractivity contribution in [2.24, 2.45) is 0 Å². The highest BCUT2D eigenvalue weighted by molar-refractivity contribution is 6.03. The van der Waals surface area contributed by atoms with Gasteiger partial charge in [-0.15, -0.1) is 0 Å². The molecule has 8 aromatic rings. The number of nitrogens with zero attached hydrogens (tertiary/aromatic N) is 7. The molecule has 2 aliphatic rings. The molecule has 0 unspecified atom stereocenters. The molecule has 0 saturated heterocycles. The van der Waals surface area contributed by atoms with Crippen LogP contribution in [0, 0.1) is 10.1 Å². The van der Waals surface area contributed by atoms with Crippen LogP contribution in [0.2, 0.25) is 0 Å². The molecule has 10 rings (SSSR count). The molecule has 0 bridgehead atoms. The molecule has 1 spiro atoms. The second kappa shape index (κ2) is 19.2. The van der Waals surface area contributed by atoms with Gasteiger partial charge in [0, 0.05) is 118 Å². The summed E-state index contributed by atoms with van der Waals surface area (Å²) in [6.07, 6.45) is 0. The van der Waals surface area contributed by atoms with Crippen molar-refractivity contribution in [3.8, 4) is 11.5 Å². The fourth-order valence-corrected chi connectivity index (χ4v) is 10.7. The van der Waals surface area contributed by atoms with Gasteiger partial charge in [0.1, 0.15) is 17.0 Å². The number of nitrogens with one attached hydrogen (secondary N) is 2. The summed E-state index contributed by atoms with van der Waals surface area (Å²) in [5, 5.41) is 31.7. The van der Waals surface area contributed by atoms with Gasteiger partial charge in [-0.1, -0.05) is 78.9 Å². The number of benzene rings is 7. The zero-order chi connectivity index (χ0) is 47.6. The average Bonchev–Trinajstić information content (AvgIpc) is 3.96.